The number of nitrogens with zero attached hydrogens (tertiary/aromatic N) is 4. The van der Waals surface area contributed by atoms with Crippen molar-refractivity contribution in [1.29, 1.82) is 0 Å². The Morgan fingerprint density at radius 2 is 1.66 bits per heavy atom. The summed E-state index contributed by atoms with van der Waals surface area (Å²) in [6.07, 6.45) is 7.99. The number of carboxylic acids is 1. The van der Waals surface area contributed by atoms with Gasteiger partial charge >= 0.3 is 5.97 Å². The number of benzene rings is 2. The van der Waals surface area contributed by atoms with E-state index >= 15 is 0 Å². The van der Waals surface area contributed by atoms with Crippen LogP contribution in [0.2, 0.25) is 0 Å². The van der Waals surface area contributed by atoms with Crippen LogP contribution >= 0.6 is 0 Å². The molecule has 0 bridgehead atoms. The van der Waals surface area contributed by atoms with Crippen molar-refractivity contribution in [2.24, 2.45) is 11.8 Å². The Hall–Kier alpha value is -2.70. The van der Waals surface area contributed by atoms with E-state index in [-0.39, 0.29) is 6.04 Å². The number of imidazole rings is 1. The normalized spacial score (nSPS) is 25.2. The molecular weight excluding hydrogens is 472 g/mol. The first-order valence-electron chi connectivity index (χ1n) is 14.8. The van der Waals surface area contributed by atoms with Crippen molar-refractivity contribution in [2.75, 3.05) is 32.7 Å². The summed E-state index contributed by atoms with van der Waals surface area (Å²) in [6.45, 7) is 7.09. The van der Waals surface area contributed by atoms with Gasteiger partial charge in [0.1, 0.15) is 11.9 Å². The molecule has 1 aromatic heterocycles. The maximum Gasteiger partial charge on any atom is 0.321 e. The average Bonchev–Trinajstić information content (AvgIpc) is 3.50. The Labute approximate surface area is 226 Å². The zero-order valence-electron chi connectivity index (χ0n) is 22.7. The lowest BCUT2D eigenvalue weighted by Crippen LogP contribution is -2.46. The summed E-state index contributed by atoms with van der Waals surface area (Å²) in [5, 5.41) is 10.3. The van der Waals surface area contributed by atoms with Gasteiger partial charge in [-0.05, 0) is 62.1 Å². The van der Waals surface area contributed by atoms with E-state index < -0.39 is 5.97 Å². The lowest BCUT2D eigenvalue weighted by molar-refractivity contribution is -0.145. The number of piperidine rings is 1. The molecule has 1 N–H and O–H groups in total. The second-order valence-electron chi connectivity index (χ2n) is 12.0. The Balaban J connectivity index is 1.16. The van der Waals surface area contributed by atoms with Crippen molar-refractivity contribution in [2.45, 2.75) is 69.9 Å². The minimum absolute atomic E-state index is 0.292. The molecule has 0 unspecified atom stereocenters. The minimum Gasteiger partial charge on any atom is -0.480 e. The predicted molar refractivity (Wildman–Crippen MR) is 151 cm³/mol. The predicted octanol–water partition coefficient (Wildman–Crippen LogP) is 5.73. The Morgan fingerprint density at radius 3 is 2.39 bits per heavy atom. The molecule has 38 heavy (non-hydrogen) atoms. The van der Waals surface area contributed by atoms with Crippen LogP contribution in [-0.2, 0) is 4.79 Å². The summed E-state index contributed by atoms with van der Waals surface area (Å²) in [7, 11) is 0. The number of hydrogen-bond acceptors (Lipinski definition) is 4. The molecule has 6 nitrogen and oxygen atoms in total. The summed E-state index contributed by atoms with van der Waals surface area (Å²) < 4.78 is 2.46. The van der Waals surface area contributed by atoms with Gasteiger partial charge in [-0.25, -0.2) is 4.98 Å². The zero-order valence-corrected chi connectivity index (χ0v) is 22.7. The van der Waals surface area contributed by atoms with Crippen LogP contribution in [0, 0.1) is 18.8 Å². The first-order valence-corrected chi connectivity index (χ1v) is 14.8. The number of aromatic nitrogens is 2. The summed E-state index contributed by atoms with van der Waals surface area (Å²) in [5.74, 6) is 1.63. The molecular formula is C32H42N4O2. The second-order valence-corrected chi connectivity index (χ2v) is 12.0. The summed E-state index contributed by atoms with van der Waals surface area (Å²) >= 11 is 0. The van der Waals surface area contributed by atoms with Gasteiger partial charge in [-0.2, -0.15) is 0 Å². The lowest BCUT2D eigenvalue weighted by Gasteiger charge is -2.36. The number of carboxylic acid groups (broad SMARTS) is 1. The molecule has 6 rings (SSSR count). The fraction of sp³-hybridized carbons (Fsp3) is 0.562. The van der Waals surface area contributed by atoms with E-state index in [1.54, 1.807) is 0 Å². The molecule has 0 radical (unpaired) electrons. The second kappa shape index (κ2) is 11.2. The van der Waals surface area contributed by atoms with Crippen LogP contribution < -0.4 is 0 Å². The largest absolute Gasteiger partial charge is 0.480 e. The van der Waals surface area contributed by atoms with Gasteiger partial charge in [-0.1, -0.05) is 61.7 Å². The van der Waals surface area contributed by atoms with Crippen molar-refractivity contribution in [3.05, 3.63) is 66.0 Å². The highest BCUT2D eigenvalue weighted by Crippen LogP contribution is 2.39. The number of likely N-dealkylation sites (tertiary alicyclic amines) is 2. The fourth-order valence-corrected chi connectivity index (χ4v) is 7.82. The Bertz CT molecular complexity index is 1230. The molecule has 1 saturated carbocycles. The van der Waals surface area contributed by atoms with Crippen LogP contribution in [0.1, 0.15) is 68.3 Å². The fourth-order valence-electron chi connectivity index (χ4n) is 7.82. The van der Waals surface area contributed by atoms with Gasteiger partial charge in [-0.15, -0.1) is 0 Å². The maximum absolute atomic E-state index is 12.5. The minimum atomic E-state index is -0.617. The molecule has 0 amide bonds. The number of rotatable bonds is 7. The van der Waals surface area contributed by atoms with Crippen molar-refractivity contribution in [1.82, 2.24) is 19.4 Å². The van der Waals surface area contributed by atoms with E-state index in [2.05, 4.69) is 75.9 Å². The van der Waals surface area contributed by atoms with Gasteiger partial charge in [0.2, 0.25) is 0 Å². The van der Waals surface area contributed by atoms with Crippen LogP contribution in [0.25, 0.3) is 11.0 Å². The van der Waals surface area contributed by atoms with Crippen molar-refractivity contribution in [3.63, 3.8) is 0 Å². The van der Waals surface area contributed by atoms with Gasteiger partial charge in [-0.3, -0.25) is 9.69 Å². The molecule has 1 aliphatic carbocycles. The van der Waals surface area contributed by atoms with Crippen LogP contribution in [0.5, 0.6) is 0 Å². The highest BCUT2D eigenvalue weighted by atomic mass is 16.4. The quantitative estimate of drug-likeness (QED) is 0.436. The van der Waals surface area contributed by atoms with Gasteiger partial charge in [0, 0.05) is 44.7 Å². The molecule has 0 spiro atoms. The maximum atomic E-state index is 12.5. The van der Waals surface area contributed by atoms with Crippen LogP contribution in [0.15, 0.2) is 54.6 Å². The van der Waals surface area contributed by atoms with Gasteiger partial charge in [0.25, 0.3) is 0 Å². The van der Waals surface area contributed by atoms with Crippen molar-refractivity contribution >= 4 is 17.0 Å². The number of aryl methyl sites for hydroxylation is 1. The van der Waals surface area contributed by atoms with Crippen LogP contribution in [0.4, 0.5) is 0 Å². The third-order valence-electron chi connectivity index (χ3n) is 9.63. The van der Waals surface area contributed by atoms with Gasteiger partial charge in [0.15, 0.2) is 0 Å². The summed E-state index contributed by atoms with van der Waals surface area (Å²) in [6, 6.07) is 19.5. The molecule has 3 heterocycles. The first-order chi connectivity index (χ1) is 18.6. The number of para-hydroxylation sites is 2. The number of aliphatic carboxylic acids is 1. The van der Waals surface area contributed by atoms with E-state index in [0.29, 0.717) is 23.8 Å². The zero-order chi connectivity index (χ0) is 26.1. The van der Waals surface area contributed by atoms with E-state index in [9.17, 15) is 9.90 Å². The van der Waals surface area contributed by atoms with Gasteiger partial charge in [0.05, 0.1) is 11.0 Å². The Kier molecular flexibility index (Phi) is 7.53. The van der Waals surface area contributed by atoms with Crippen LogP contribution in [-0.4, -0.2) is 69.2 Å². The third-order valence-corrected chi connectivity index (χ3v) is 9.63. The molecule has 2 saturated heterocycles. The van der Waals surface area contributed by atoms with Crippen molar-refractivity contribution in [3.8, 4) is 0 Å². The Morgan fingerprint density at radius 1 is 0.947 bits per heavy atom. The molecule has 6 heteroatoms. The first kappa shape index (κ1) is 25.6. The SMILES string of the molecule is Cc1nc2ccccc2n1C1CCN(C[C@H]2CN([C@@H](C(=O)O)C3CCCCC3)C[C@@H]2c2ccccc2)CC1. The van der Waals surface area contributed by atoms with Gasteiger partial charge < -0.3 is 14.6 Å². The number of hydrogen-bond donors (Lipinski definition) is 1. The standard InChI is InChI=1S/C32H42N4O2/c1-23-33-29-14-8-9-15-30(29)36(23)27-16-18-34(19-17-27)20-26-21-35(22-28(26)24-10-4-2-5-11-24)31(32(37)38)25-12-6-3-7-13-25/h2,4-5,8-11,14-15,25-28,31H,3,6-7,12-13,16-22H2,1H3,(H,37,38)/t26-,28+,31+/m0/s1. The smallest absolute Gasteiger partial charge is 0.321 e. The monoisotopic (exact) mass is 514 g/mol. The molecule has 3 aliphatic rings. The molecule has 202 valence electrons. The molecule has 2 aliphatic heterocycles. The topological polar surface area (TPSA) is 61.6 Å². The molecule has 2 aromatic carbocycles. The molecule has 3 fully saturated rings. The molecule has 3 aromatic rings. The average molecular weight is 515 g/mol. The van der Waals surface area contributed by atoms with E-state index in [4.69, 9.17) is 4.98 Å². The van der Waals surface area contributed by atoms with Crippen LogP contribution in [0.3, 0.4) is 0 Å². The lowest BCUT2D eigenvalue weighted by atomic mass is 9.83. The number of fused-ring (bicyclic) bond motifs is 1. The van der Waals surface area contributed by atoms with Crippen molar-refractivity contribution < 1.29 is 9.90 Å². The number of carbonyl (C=O) groups is 1. The molecule has 3 atom stereocenters. The summed E-state index contributed by atoms with van der Waals surface area (Å²) in [4.78, 5) is 22.3. The highest BCUT2D eigenvalue weighted by Gasteiger charge is 2.43. The van der Waals surface area contributed by atoms with E-state index in [1.807, 2.05) is 0 Å². The summed E-state index contributed by atoms with van der Waals surface area (Å²) in [5.41, 5.74) is 3.71. The van der Waals surface area contributed by atoms with E-state index in [0.717, 1.165) is 69.7 Å². The van der Waals surface area contributed by atoms with E-state index in [1.165, 1.54) is 30.3 Å². The third kappa shape index (κ3) is 5.13. The highest BCUT2D eigenvalue weighted by molar-refractivity contribution is 5.76.